The largest absolute Gasteiger partial charge is 0.310 e. The number of benzene rings is 2. The SMILES string of the molecule is CCNC(CC1Cc2ccccc21)c1ccc(C)c(Cl)c1. The monoisotopic (exact) mass is 299 g/mol. The second-order valence-corrected chi connectivity index (χ2v) is 6.36. The van der Waals surface area contributed by atoms with Gasteiger partial charge >= 0.3 is 0 Å². The van der Waals surface area contributed by atoms with Gasteiger partial charge in [-0.15, -0.1) is 0 Å². The van der Waals surface area contributed by atoms with Crippen LogP contribution in [-0.4, -0.2) is 6.54 Å². The molecular weight excluding hydrogens is 278 g/mol. The summed E-state index contributed by atoms with van der Waals surface area (Å²) in [6.45, 7) is 5.19. The van der Waals surface area contributed by atoms with Crippen molar-refractivity contribution < 1.29 is 0 Å². The van der Waals surface area contributed by atoms with Crippen LogP contribution in [0.5, 0.6) is 0 Å². The van der Waals surface area contributed by atoms with E-state index in [-0.39, 0.29) is 0 Å². The van der Waals surface area contributed by atoms with E-state index in [1.807, 2.05) is 0 Å². The first-order valence-electron chi connectivity index (χ1n) is 7.76. The topological polar surface area (TPSA) is 12.0 Å². The molecule has 0 heterocycles. The van der Waals surface area contributed by atoms with Crippen molar-refractivity contribution in [2.75, 3.05) is 6.54 Å². The van der Waals surface area contributed by atoms with Crippen LogP contribution < -0.4 is 5.32 Å². The van der Waals surface area contributed by atoms with E-state index in [1.165, 1.54) is 23.1 Å². The Bertz CT molecular complexity index is 635. The van der Waals surface area contributed by atoms with E-state index in [4.69, 9.17) is 11.6 Å². The molecule has 0 spiro atoms. The van der Waals surface area contributed by atoms with Gasteiger partial charge in [-0.3, -0.25) is 0 Å². The average molecular weight is 300 g/mol. The normalized spacial score (nSPS) is 18.0. The van der Waals surface area contributed by atoms with Crippen molar-refractivity contribution in [3.05, 3.63) is 69.7 Å². The second-order valence-electron chi connectivity index (χ2n) is 5.95. The van der Waals surface area contributed by atoms with Crippen LogP contribution in [0.4, 0.5) is 0 Å². The van der Waals surface area contributed by atoms with E-state index >= 15 is 0 Å². The maximum atomic E-state index is 6.30. The lowest BCUT2D eigenvalue weighted by atomic mass is 9.74. The molecule has 110 valence electrons. The number of aryl methyl sites for hydroxylation is 1. The third kappa shape index (κ3) is 3.00. The second kappa shape index (κ2) is 6.21. The standard InChI is InChI=1S/C19H22ClN/c1-3-21-19(15-9-8-13(2)18(20)11-15)12-16-10-14-6-4-5-7-17(14)16/h4-9,11,16,19,21H,3,10,12H2,1-2H3. The van der Waals surface area contributed by atoms with Crippen molar-refractivity contribution >= 4 is 11.6 Å². The maximum absolute atomic E-state index is 6.30. The highest BCUT2D eigenvalue weighted by Gasteiger charge is 2.28. The summed E-state index contributed by atoms with van der Waals surface area (Å²) in [5, 5.41) is 4.48. The molecule has 0 fully saturated rings. The zero-order valence-electron chi connectivity index (χ0n) is 12.7. The summed E-state index contributed by atoms with van der Waals surface area (Å²) in [6.07, 6.45) is 2.35. The summed E-state index contributed by atoms with van der Waals surface area (Å²) in [4.78, 5) is 0. The van der Waals surface area contributed by atoms with Crippen LogP contribution >= 0.6 is 11.6 Å². The summed E-state index contributed by atoms with van der Waals surface area (Å²) < 4.78 is 0. The molecule has 2 atom stereocenters. The van der Waals surface area contributed by atoms with Crippen LogP contribution in [-0.2, 0) is 6.42 Å². The van der Waals surface area contributed by atoms with Crippen molar-refractivity contribution in [1.29, 1.82) is 0 Å². The summed E-state index contributed by atoms with van der Waals surface area (Å²) in [7, 11) is 0. The lowest BCUT2D eigenvalue weighted by Gasteiger charge is -2.33. The van der Waals surface area contributed by atoms with Gasteiger partial charge < -0.3 is 5.32 Å². The van der Waals surface area contributed by atoms with Crippen LogP contribution in [0.1, 0.15) is 47.6 Å². The third-order valence-electron chi connectivity index (χ3n) is 4.53. The van der Waals surface area contributed by atoms with Gasteiger partial charge in [0.2, 0.25) is 0 Å². The molecule has 1 aliphatic carbocycles. The zero-order valence-corrected chi connectivity index (χ0v) is 13.5. The highest BCUT2D eigenvalue weighted by molar-refractivity contribution is 6.31. The summed E-state index contributed by atoms with van der Waals surface area (Å²) in [5.41, 5.74) is 5.49. The predicted octanol–water partition coefficient (Wildman–Crippen LogP) is 5.03. The molecule has 0 saturated heterocycles. The lowest BCUT2D eigenvalue weighted by molar-refractivity contribution is 0.436. The highest BCUT2D eigenvalue weighted by atomic mass is 35.5. The Morgan fingerprint density at radius 3 is 2.76 bits per heavy atom. The van der Waals surface area contributed by atoms with Gasteiger partial charge in [-0.05, 0) is 60.5 Å². The molecule has 0 aromatic heterocycles. The fourth-order valence-corrected chi connectivity index (χ4v) is 3.46. The highest BCUT2D eigenvalue weighted by Crippen LogP contribution is 2.41. The minimum atomic E-state index is 0.381. The van der Waals surface area contributed by atoms with Gasteiger partial charge in [-0.25, -0.2) is 0 Å². The Morgan fingerprint density at radius 2 is 2.05 bits per heavy atom. The molecule has 2 aromatic carbocycles. The fraction of sp³-hybridized carbons (Fsp3) is 0.368. The van der Waals surface area contributed by atoms with E-state index in [9.17, 15) is 0 Å². The molecule has 0 amide bonds. The van der Waals surface area contributed by atoms with E-state index in [0.29, 0.717) is 12.0 Å². The fourth-order valence-electron chi connectivity index (χ4n) is 3.27. The number of nitrogens with one attached hydrogen (secondary N) is 1. The molecule has 0 aliphatic heterocycles. The number of rotatable bonds is 5. The molecule has 0 radical (unpaired) electrons. The van der Waals surface area contributed by atoms with Crippen molar-refractivity contribution in [3.63, 3.8) is 0 Å². The number of fused-ring (bicyclic) bond motifs is 1. The maximum Gasteiger partial charge on any atom is 0.0438 e. The first-order chi connectivity index (χ1) is 10.2. The van der Waals surface area contributed by atoms with E-state index in [2.05, 4.69) is 61.6 Å². The number of hydrogen-bond acceptors (Lipinski definition) is 1. The Morgan fingerprint density at radius 1 is 1.24 bits per heavy atom. The van der Waals surface area contributed by atoms with E-state index in [0.717, 1.165) is 23.6 Å². The lowest BCUT2D eigenvalue weighted by Crippen LogP contribution is -2.27. The van der Waals surface area contributed by atoms with Crippen molar-refractivity contribution in [2.45, 2.75) is 38.6 Å². The minimum Gasteiger partial charge on any atom is -0.310 e. The molecule has 2 heteroatoms. The van der Waals surface area contributed by atoms with Gasteiger partial charge in [0.1, 0.15) is 0 Å². The van der Waals surface area contributed by atoms with Crippen LogP contribution in [0.2, 0.25) is 5.02 Å². The number of halogens is 1. The Hall–Kier alpha value is -1.31. The molecular formula is C19H22ClN. The van der Waals surface area contributed by atoms with Gasteiger partial charge in [-0.1, -0.05) is 54.9 Å². The Kier molecular flexibility index (Phi) is 4.32. The molecule has 0 saturated carbocycles. The smallest absolute Gasteiger partial charge is 0.0438 e. The Balaban J connectivity index is 1.78. The molecule has 2 aromatic rings. The van der Waals surface area contributed by atoms with Gasteiger partial charge in [0.05, 0.1) is 0 Å². The van der Waals surface area contributed by atoms with Crippen LogP contribution in [0.25, 0.3) is 0 Å². The summed E-state index contributed by atoms with van der Waals surface area (Å²) in [6, 6.07) is 15.6. The zero-order chi connectivity index (χ0) is 14.8. The summed E-state index contributed by atoms with van der Waals surface area (Å²) in [5.74, 6) is 0.672. The van der Waals surface area contributed by atoms with Gasteiger partial charge in [-0.2, -0.15) is 0 Å². The predicted molar refractivity (Wildman–Crippen MR) is 90.1 cm³/mol. The minimum absolute atomic E-state index is 0.381. The van der Waals surface area contributed by atoms with Crippen molar-refractivity contribution in [1.82, 2.24) is 5.32 Å². The first kappa shape index (κ1) is 14.6. The van der Waals surface area contributed by atoms with Gasteiger partial charge in [0.25, 0.3) is 0 Å². The van der Waals surface area contributed by atoms with Gasteiger partial charge in [0.15, 0.2) is 0 Å². The van der Waals surface area contributed by atoms with Crippen LogP contribution in [0.15, 0.2) is 42.5 Å². The van der Waals surface area contributed by atoms with Gasteiger partial charge in [0, 0.05) is 11.1 Å². The first-order valence-corrected chi connectivity index (χ1v) is 8.14. The molecule has 21 heavy (non-hydrogen) atoms. The molecule has 1 aliphatic rings. The molecule has 0 bridgehead atoms. The van der Waals surface area contributed by atoms with Crippen LogP contribution in [0.3, 0.4) is 0 Å². The van der Waals surface area contributed by atoms with Crippen molar-refractivity contribution in [2.24, 2.45) is 0 Å². The molecule has 1 nitrogen and oxygen atoms in total. The quantitative estimate of drug-likeness (QED) is 0.816. The van der Waals surface area contributed by atoms with Crippen molar-refractivity contribution in [3.8, 4) is 0 Å². The molecule has 1 N–H and O–H groups in total. The third-order valence-corrected chi connectivity index (χ3v) is 4.94. The number of hydrogen-bond donors (Lipinski definition) is 1. The van der Waals surface area contributed by atoms with E-state index < -0.39 is 0 Å². The molecule has 2 unspecified atom stereocenters. The summed E-state index contributed by atoms with van der Waals surface area (Å²) >= 11 is 6.30. The average Bonchev–Trinajstić information content (AvgIpc) is 2.46. The van der Waals surface area contributed by atoms with Crippen LogP contribution in [0, 0.1) is 6.92 Å². The van der Waals surface area contributed by atoms with E-state index in [1.54, 1.807) is 0 Å². The Labute approximate surface area is 132 Å². The molecule has 3 rings (SSSR count).